The minimum absolute atomic E-state index is 0.661. The Morgan fingerprint density at radius 2 is 2.33 bits per heavy atom. The summed E-state index contributed by atoms with van der Waals surface area (Å²) >= 11 is 3.42. The Bertz CT molecular complexity index is 322. The zero-order valence-corrected chi connectivity index (χ0v) is 11.0. The van der Waals surface area contributed by atoms with Crippen molar-refractivity contribution in [3.05, 3.63) is 16.4 Å². The molecule has 1 aromatic rings. The smallest absolute Gasteiger partial charge is 0.106 e. The van der Waals surface area contributed by atoms with Gasteiger partial charge in [0.15, 0.2) is 0 Å². The fraction of sp³-hybridized carbons (Fsp3) is 0.700. The van der Waals surface area contributed by atoms with Crippen LogP contribution >= 0.6 is 15.9 Å². The molecule has 0 aliphatic carbocycles. The molecular formula is C10H18BrN3O. The molecule has 1 unspecified atom stereocenters. The predicted octanol–water partition coefficient (Wildman–Crippen LogP) is 1.48. The van der Waals surface area contributed by atoms with Crippen LogP contribution in [0.15, 0.2) is 10.7 Å². The molecular weight excluding hydrogens is 258 g/mol. The van der Waals surface area contributed by atoms with Gasteiger partial charge in [-0.15, -0.1) is 0 Å². The molecule has 1 heterocycles. The lowest BCUT2D eigenvalue weighted by Gasteiger charge is -2.24. The van der Waals surface area contributed by atoms with Crippen LogP contribution in [0.2, 0.25) is 0 Å². The van der Waals surface area contributed by atoms with Gasteiger partial charge in [0.05, 0.1) is 16.4 Å². The van der Waals surface area contributed by atoms with Crippen molar-refractivity contribution in [2.24, 2.45) is 0 Å². The number of nitrogens with zero attached hydrogens (tertiary/aromatic N) is 2. The topological polar surface area (TPSA) is 50.1 Å². The van der Waals surface area contributed by atoms with Crippen molar-refractivity contribution in [3.63, 3.8) is 0 Å². The molecule has 1 atom stereocenters. The monoisotopic (exact) mass is 275 g/mol. The summed E-state index contributed by atoms with van der Waals surface area (Å²) in [5, 5.41) is 17.6. The Kier molecular flexibility index (Phi) is 4.31. The van der Waals surface area contributed by atoms with Gasteiger partial charge in [0.1, 0.15) is 5.60 Å². The molecule has 0 aliphatic rings. The molecule has 0 radical (unpaired) electrons. The van der Waals surface area contributed by atoms with E-state index in [9.17, 15) is 5.11 Å². The second-order valence-electron chi connectivity index (χ2n) is 3.78. The SMILES string of the molecule is CCn1ncc(Br)c1C(C)(O)CCNC. The minimum Gasteiger partial charge on any atom is -0.384 e. The first-order valence-electron chi connectivity index (χ1n) is 5.11. The van der Waals surface area contributed by atoms with Crippen molar-refractivity contribution < 1.29 is 5.11 Å². The molecule has 86 valence electrons. The van der Waals surface area contributed by atoms with Gasteiger partial charge in [-0.3, -0.25) is 4.68 Å². The maximum absolute atomic E-state index is 10.4. The first kappa shape index (κ1) is 12.7. The van der Waals surface area contributed by atoms with E-state index in [1.807, 2.05) is 25.6 Å². The molecule has 5 heteroatoms. The second kappa shape index (κ2) is 5.09. The molecule has 2 N–H and O–H groups in total. The van der Waals surface area contributed by atoms with E-state index in [0.29, 0.717) is 6.42 Å². The van der Waals surface area contributed by atoms with E-state index in [-0.39, 0.29) is 0 Å². The standard InChI is InChI=1S/C10H18BrN3O/c1-4-14-9(8(11)7-13-14)10(2,15)5-6-12-3/h7,12,15H,4-6H2,1-3H3. The Morgan fingerprint density at radius 1 is 1.67 bits per heavy atom. The third-order valence-electron chi connectivity index (χ3n) is 2.47. The number of aromatic nitrogens is 2. The van der Waals surface area contributed by atoms with Crippen molar-refractivity contribution >= 4 is 15.9 Å². The largest absolute Gasteiger partial charge is 0.384 e. The number of aryl methyl sites for hydroxylation is 1. The number of halogens is 1. The van der Waals surface area contributed by atoms with E-state index in [4.69, 9.17) is 0 Å². The predicted molar refractivity (Wildman–Crippen MR) is 63.7 cm³/mol. The van der Waals surface area contributed by atoms with Gasteiger partial charge in [-0.05, 0) is 49.8 Å². The first-order chi connectivity index (χ1) is 7.03. The van der Waals surface area contributed by atoms with Gasteiger partial charge in [-0.1, -0.05) is 0 Å². The molecule has 0 amide bonds. The van der Waals surface area contributed by atoms with Crippen LogP contribution in [0.25, 0.3) is 0 Å². The summed E-state index contributed by atoms with van der Waals surface area (Å²) in [6, 6.07) is 0. The van der Waals surface area contributed by atoms with Crippen LogP contribution in [0.5, 0.6) is 0 Å². The van der Waals surface area contributed by atoms with Crippen LogP contribution in [0, 0.1) is 0 Å². The van der Waals surface area contributed by atoms with E-state index in [2.05, 4.69) is 26.3 Å². The zero-order valence-electron chi connectivity index (χ0n) is 9.42. The average Bonchev–Trinajstić information content (AvgIpc) is 2.57. The van der Waals surface area contributed by atoms with E-state index in [1.165, 1.54) is 0 Å². The quantitative estimate of drug-likeness (QED) is 0.856. The third-order valence-corrected chi connectivity index (χ3v) is 3.05. The van der Waals surface area contributed by atoms with Crippen LogP contribution in [-0.4, -0.2) is 28.5 Å². The lowest BCUT2D eigenvalue weighted by molar-refractivity contribution is 0.0385. The number of hydrogen-bond acceptors (Lipinski definition) is 3. The normalized spacial score (nSPS) is 15.3. The molecule has 4 nitrogen and oxygen atoms in total. The lowest BCUT2D eigenvalue weighted by atomic mass is 9.98. The van der Waals surface area contributed by atoms with Gasteiger partial charge in [0.2, 0.25) is 0 Å². The van der Waals surface area contributed by atoms with Crippen LogP contribution in [0.1, 0.15) is 26.0 Å². The highest BCUT2D eigenvalue weighted by atomic mass is 79.9. The average molecular weight is 276 g/mol. The third kappa shape index (κ3) is 2.80. The molecule has 0 bridgehead atoms. The van der Waals surface area contributed by atoms with Crippen LogP contribution in [0.3, 0.4) is 0 Å². The highest BCUT2D eigenvalue weighted by Gasteiger charge is 2.29. The van der Waals surface area contributed by atoms with Crippen molar-refractivity contribution in [1.82, 2.24) is 15.1 Å². The Labute approximate surface area is 98.8 Å². The van der Waals surface area contributed by atoms with E-state index < -0.39 is 5.60 Å². The fourth-order valence-corrected chi connectivity index (χ4v) is 2.35. The van der Waals surface area contributed by atoms with Crippen molar-refractivity contribution in [3.8, 4) is 0 Å². The van der Waals surface area contributed by atoms with Gasteiger partial charge < -0.3 is 10.4 Å². The Hall–Kier alpha value is -0.390. The highest BCUT2D eigenvalue weighted by molar-refractivity contribution is 9.10. The van der Waals surface area contributed by atoms with E-state index in [0.717, 1.165) is 23.3 Å². The van der Waals surface area contributed by atoms with Crippen molar-refractivity contribution in [1.29, 1.82) is 0 Å². The summed E-state index contributed by atoms with van der Waals surface area (Å²) in [6.45, 7) is 5.36. The number of nitrogens with one attached hydrogen (secondary N) is 1. The second-order valence-corrected chi connectivity index (χ2v) is 4.64. The van der Waals surface area contributed by atoms with E-state index >= 15 is 0 Å². The number of aliphatic hydroxyl groups is 1. The fourth-order valence-electron chi connectivity index (χ4n) is 1.62. The van der Waals surface area contributed by atoms with Gasteiger partial charge in [0, 0.05) is 6.54 Å². The van der Waals surface area contributed by atoms with Crippen LogP contribution in [0.4, 0.5) is 0 Å². The minimum atomic E-state index is -0.853. The molecule has 0 aliphatic heterocycles. The van der Waals surface area contributed by atoms with Crippen LogP contribution in [-0.2, 0) is 12.1 Å². The molecule has 0 spiro atoms. The van der Waals surface area contributed by atoms with Gasteiger partial charge in [-0.25, -0.2) is 0 Å². The number of rotatable bonds is 5. The first-order valence-corrected chi connectivity index (χ1v) is 5.91. The van der Waals surface area contributed by atoms with Gasteiger partial charge in [-0.2, -0.15) is 5.10 Å². The zero-order chi connectivity index (χ0) is 11.5. The molecule has 15 heavy (non-hydrogen) atoms. The van der Waals surface area contributed by atoms with Crippen molar-refractivity contribution in [2.75, 3.05) is 13.6 Å². The van der Waals surface area contributed by atoms with Gasteiger partial charge in [0.25, 0.3) is 0 Å². The lowest BCUT2D eigenvalue weighted by Crippen LogP contribution is -2.29. The maximum Gasteiger partial charge on any atom is 0.106 e. The summed E-state index contributed by atoms with van der Waals surface area (Å²) in [4.78, 5) is 0. The summed E-state index contributed by atoms with van der Waals surface area (Å²) < 4.78 is 2.69. The summed E-state index contributed by atoms with van der Waals surface area (Å²) in [6.07, 6.45) is 2.39. The summed E-state index contributed by atoms with van der Waals surface area (Å²) in [5.41, 5.74) is -0.00537. The maximum atomic E-state index is 10.4. The highest BCUT2D eigenvalue weighted by Crippen LogP contribution is 2.30. The Morgan fingerprint density at radius 3 is 2.87 bits per heavy atom. The Balaban J connectivity index is 2.96. The molecule has 0 aromatic carbocycles. The summed E-state index contributed by atoms with van der Waals surface area (Å²) in [5.74, 6) is 0. The molecule has 1 rings (SSSR count). The van der Waals surface area contributed by atoms with Crippen molar-refractivity contribution in [2.45, 2.75) is 32.4 Å². The summed E-state index contributed by atoms with van der Waals surface area (Å²) in [7, 11) is 1.88. The number of hydrogen-bond donors (Lipinski definition) is 2. The molecule has 0 fully saturated rings. The van der Waals surface area contributed by atoms with E-state index in [1.54, 1.807) is 6.20 Å². The van der Waals surface area contributed by atoms with Gasteiger partial charge >= 0.3 is 0 Å². The molecule has 1 aromatic heterocycles. The van der Waals surface area contributed by atoms with Crippen LogP contribution < -0.4 is 5.32 Å². The molecule has 0 saturated carbocycles. The molecule has 0 saturated heterocycles.